The highest BCUT2D eigenvalue weighted by molar-refractivity contribution is 5.83. The number of hydrogen-bond donors (Lipinski definition) is 2. The Kier molecular flexibility index (Phi) is 5.79. The first-order valence-corrected chi connectivity index (χ1v) is 9.87. The van der Waals surface area contributed by atoms with Crippen LogP contribution in [0, 0.1) is 0 Å². The van der Waals surface area contributed by atoms with Gasteiger partial charge in [0.15, 0.2) is 0 Å². The monoisotopic (exact) mass is 369 g/mol. The van der Waals surface area contributed by atoms with Gasteiger partial charge in [-0.25, -0.2) is 0 Å². The van der Waals surface area contributed by atoms with Gasteiger partial charge in [-0.2, -0.15) is 5.10 Å². The van der Waals surface area contributed by atoms with Gasteiger partial charge >= 0.3 is 0 Å². The second-order valence-corrected chi connectivity index (χ2v) is 7.24. The molecule has 4 rings (SSSR count). The highest BCUT2D eigenvalue weighted by atomic mass is 16.5. The lowest BCUT2D eigenvalue weighted by atomic mass is 10.1. The van der Waals surface area contributed by atoms with Gasteiger partial charge in [-0.3, -0.25) is 19.8 Å². The molecule has 27 heavy (non-hydrogen) atoms. The number of aromatic amines is 1. The molecule has 1 saturated heterocycles. The molecule has 0 spiro atoms. The molecule has 1 aliphatic carbocycles. The quantitative estimate of drug-likeness (QED) is 0.785. The van der Waals surface area contributed by atoms with Crippen molar-refractivity contribution in [2.75, 3.05) is 26.3 Å². The number of hydrogen-bond acceptors (Lipinski definition) is 5. The zero-order valence-electron chi connectivity index (χ0n) is 15.6. The van der Waals surface area contributed by atoms with Gasteiger partial charge in [0.05, 0.1) is 25.5 Å². The van der Waals surface area contributed by atoms with E-state index < -0.39 is 0 Å². The van der Waals surface area contributed by atoms with Gasteiger partial charge in [0, 0.05) is 31.2 Å². The van der Waals surface area contributed by atoms with Crippen molar-refractivity contribution in [1.29, 1.82) is 0 Å². The zero-order chi connectivity index (χ0) is 18.5. The number of carbonyl (C=O) groups is 1. The van der Waals surface area contributed by atoms with Crippen LogP contribution < -0.4 is 5.32 Å². The number of aryl methyl sites for hydroxylation is 1. The Morgan fingerprint density at radius 1 is 1.26 bits per heavy atom. The molecule has 0 saturated carbocycles. The minimum Gasteiger partial charge on any atom is -0.379 e. The van der Waals surface area contributed by atoms with Crippen LogP contribution >= 0.6 is 0 Å². The van der Waals surface area contributed by atoms with Crippen LogP contribution in [0.3, 0.4) is 0 Å². The Balaban J connectivity index is 1.48. The summed E-state index contributed by atoms with van der Waals surface area (Å²) in [6.07, 6.45) is 9.28. The van der Waals surface area contributed by atoms with E-state index in [9.17, 15) is 4.79 Å². The Labute approximate surface area is 159 Å². The predicted octanol–water partition coefficient (Wildman–Crippen LogP) is 1.76. The van der Waals surface area contributed by atoms with E-state index in [2.05, 4.69) is 25.4 Å². The van der Waals surface area contributed by atoms with Gasteiger partial charge in [0.25, 0.3) is 0 Å². The van der Waals surface area contributed by atoms with E-state index in [-0.39, 0.29) is 11.9 Å². The van der Waals surface area contributed by atoms with Crippen LogP contribution in [-0.4, -0.2) is 52.3 Å². The van der Waals surface area contributed by atoms with E-state index in [0.29, 0.717) is 19.8 Å². The molecule has 7 heteroatoms. The van der Waals surface area contributed by atoms with Crippen molar-refractivity contribution >= 4 is 5.91 Å². The zero-order valence-corrected chi connectivity index (χ0v) is 15.6. The molecule has 3 heterocycles. The van der Waals surface area contributed by atoms with E-state index in [1.54, 1.807) is 12.4 Å². The molecule has 0 aromatic carbocycles. The molecule has 2 N–H and O–H groups in total. The first kappa shape index (κ1) is 18.1. The molecule has 1 amide bonds. The van der Waals surface area contributed by atoms with Crippen molar-refractivity contribution in [3.05, 3.63) is 47.0 Å². The number of morpholine rings is 1. The second-order valence-electron chi connectivity index (χ2n) is 7.24. The molecule has 144 valence electrons. The van der Waals surface area contributed by atoms with Crippen molar-refractivity contribution in [2.24, 2.45) is 0 Å². The fourth-order valence-electron chi connectivity index (χ4n) is 4.04. The topological polar surface area (TPSA) is 83.1 Å². The molecule has 7 nitrogen and oxygen atoms in total. The largest absolute Gasteiger partial charge is 0.379 e. The fraction of sp³-hybridized carbons (Fsp3) is 0.550. The third kappa shape index (κ3) is 4.20. The number of rotatable bonds is 5. The second kappa shape index (κ2) is 8.63. The number of H-pyrrole nitrogens is 1. The van der Waals surface area contributed by atoms with E-state index >= 15 is 0 Å². The Hall–Kier alpha value is -2.25. The van der Waals surface area contributed by atoms with Crippen molar-refractivity contribution in [3.63, 3.8) is 0 Å². The summed E-state index contributed by atoms with van der Waals surface area (Å²) in [6, 6.07) is 3.50. The lowest BCUT2D eigenvalue weighted by molar-refractivity contribution is -0.128. The van der Waals surface area contributed by atoms with E-state index in [4.69, 9.17) is 4.74 Å². The Morgan fingerprint density at radius 2 is 2.11 bits per heavy atom. The number of pyridine rings is 1. The maximum atomic E-state index is 13.1. The van der Waals surface area contributed by atoms with Gasteiger partial charge in [-0.05, 0) is 42.9 Å². The van der Waals surface area contributed by atoms with Crippen LogP contribution in [0.4, 0.5) is 0 Å². The number of aromatic nitrogens is 3. The first-order chi connectivity index (χ1) is 13.3. The third-order valence-electron chi connectivity index (χ3n) is 5.48. The molecule has 2 aliphatic rings. The summed E-state index contributed by atoms with van der Waals surface area (Å²) >= 11 is 0. The smallest absolute Gasteiger partial charge is 0.242 e. The van der Waals surface area contributed by atoms with Crippen LogP contribution in [-0.2, 0) is 28.9 Å². The molecule has 0 radical (unpaired) electrons. The lowest BCUT2D eigenvalue weighted by Gasteiger charge is -2.33. The lowest BCUT2D eigenvalue weighted by Crippen LogP contribution is -2.45. The van der Waals surface area contributed by atoms with Gasteiger partial charge in [-0.15, -0.1) is 0 Å². The van der Waals surface area contributed by atoms with Gasteiger partial charge in [0.2, 0.25) is 5.91 Å². The number of ether oxygens (including phenoxy) is 1. The maximum Gasteiger partial charge on any atom is 0.242 e. The minimum atomic E-state index is -0.347. The van der Waals surface area contributed by atoms with E-state index in [0.717, 1.165) is 37.2 Å². The number of nitrogens with zero attached hydrogens (tertiary/aromatic N) is 3. The molecule has 1 unspecified atom stereocenters. The highest BCUT2D eigenvalue weighted by Gasteiger charge is 2.29. The molecule has 2 aromatic heterocycles. The van der Waals surface area contributed by atoms with Gasteiger partial charge in [0.1, 0.15) is 6.04 Å². The number of amides is 1. The van der Waals surface area contributed by atoms with Crippen LogP contribution in [0.25, 0.3) is 0 Å². The summed E-state index contributed by atoms with van der Waals surface area (Å²) in [5, 5.41) is 10.8. The third-order valence-corrected chi connectivity index (χ3v) is 5.48. The minimum absolute atomic E-state index is 0.00438. The molecular weight excluding hydrogens is 342 g/mol. The van der Waals surface area contributed by atoms with Crippen LogP contribution in [0.15, 0.2) is 24.5 Å². The number of carbonyl (C=O) groups excluding carboxylic acids is 1. The summed E-state index contributed by atoms with van der Waals surface area (Å²) in [6.45, 7) is 3.25. The average molecular weight is 369 g/mol. The van der Waals surface area contributed by atoms with Crippen molar-refractivity contribution in [3.8, 4) is 0 Å². The predicted molar refractivity (Wildman–Crippen MR) is 101 cm³/mol. The number of nitrogens with one attached hydrogen (secondary N) is 2. The first-order valence-electron chi connectivity index (χ1n) is 9.87. The normalized spacial score (nSPS) is 19.1. The van der Waals surface area contributed by atoms with Crippen LogP contribution in [0.5, 0.6) is 0 Å². The van der Waals surface area contributed by atoms with E-state index in [1.807, 2.05) is 12.1 Å². The highest BCUT2D eigenvalue weighted by Crippen LogP contribution is 2.23. The average Bonchev–Trinajstić information content (AvgIpc) is 2.94. The molecule has 1 aliphatic heterocycles. The van der Waals surface area contributed by atoms with Crippen LogP contribution in [0.2, 0.25) is 0 Å². The van der Waals surface area contributed by atoms with Crippen molar-refractivity contribution in [1.82, 2.24) is 25.4 Å². The Bertz CT molecular complexity index is 755. The SMILES string of the molecule is O=C(NCc1n[nH]c2c1CCCCC2)C(c1cccnc1)N1CCOCC1. The summed E-state index contributed by atoms with van der Waals surface area (Å²) in [7, 11) is 0. The van der Waals surface area contributed by atoms with Crippen molar-refractivity contribution < 1.29 is 9.53 Å². The standard InChI is InChI=1S/C20H27N5O2/c26-20(22-14-18-16-6-2-1-3-7-17(16)23-24-18)19(15-5-4-8-21-13-15)25-9-11-27-12-10-25/h4-5,8,13,19H,1-3,6-7,9-12,14H2,(H,22,26)(H,23,24). The fourth-order valence-corrected chi connectivity index (χ4v) is 4.04. The molecule has 0 bridgehead atoms. The summed E-state index contributed by atoms with van der Waals surface area (Å²) in [5.41, 5.74) is 4.44. The summed E-state index contributed by atoms with van der Waals surface area (Å²) in [5.74, 6) is -0.00438. The molecule has 2 aromatic rings. The summed E-state index contributed by atoms with van der Waals surface area (Å²) in [4.78, 5) is 19.5. The van der Waals surface area contributed by atoms with Crippen LogP contribution in [0.1, 0.15) is 47.8 Å². The van der Waals surface area contributed by atoms with Crippen molar-refractivity contribution in [2.45, 2.75) is 44.7 Å². The van der Waals surface area contributed by atoms with Gasteiger partial charge < -0.3 is 10.1 Å². The number of fused-ring (bicyclic) bond motifs is 1. The van der Waals surface area contributed by atoms with E-state index in [1.165, 1.54) is 30.5 Å². The summed E-state index contributed by atoms with van der Waals surface area (Å²) < 4.78 is 5.46. The maximum absolute atomic E-state index is 13.1. The Morgan fingerprint density at radius 3 is 2.93 bits per heavy atom. The molecular formula is C20H27N5O2. The molecule has 1 atom stereocenters. The molecule has 1 fully saturated rings. The van der Waals surface area contributed by atoms with Gasteiger partial charge in [-0.1, -0.05) is 12.5 Å².